The molecule has 1 aromatic heterocycles. The minimum absolute atomic E-state index is 0.0343. The Kier molecular flexibility index (Phi) is 5.35. The zero-order chi connectivity index (χ0) is 16.3. The lowest BCUT2D eigenvalue weighted by atomic mass is 9.93. The fourth-order valence-electron chi connectivity index (χ4n) is 1.74. The Morgan fingerprint density at radius 1 is 1.48 bits per heavy atom. The summed E-state index contributed by atoms with van der Waals surface area (Å²) in [5, 5.41) is 6.46. The van der Waals surface area contributed by atoms with Crippen LogP contribution < -0.4 is 15.8 Å². The van der Waals surface area contributed by atoms with Crippen molar-refractivity contribution in [3.05, 3.63) is 6.20 Å². The van der Waals surface area contributed by atoms with Crippen molar-refractivity contribution in [1.82, 2.24) is 19.8 Å². The predicted octanol–water partition coefficient (Wildman–Crippen LogP) is -0.0742. The van der Waals surface area contributed by atoms with Crippen molar-refractivity contribution in [2.45, 2.75) is 38.6 Å². The third kappa shape index (κ3) is 4.18. The second-order valence-electron chi connectivity index (χ2n) is 5.43. The highest BCUT2D eigenvalue weighted by Crippen LogP contribution is 2.19. The molecule has 0 saturated heterocycles. The number of anilines is 1. The molecule has 1 aromatic rings. The van der Waals surface area contributed by atoms with Gasteiger partial charge in [-0.25, -0.2) is 13.1 Å². The smallest absolute Gasteiger partial charge is 0.245 e. The van der Waals surface area contributed by atoms with Gasteiger partial charge in [0.1, 0.15) is 4.90 Å². The fraction of sp³-hybridized carbons (Fsp3) is 0.667. The quantitative estimate of drug-likeness (QED) is 0.650. The first-order valence-electron chi connectivity index (χ1n) is 6.69. The second-order valence-corrected chi connectivity index (χ2v) is 7.16. The number of carbonyl (C=O) groups excluding carboxylic acids is 1. The van der Waals surface area contributed by atoms with E-state index in [1.807, 2.05) is 6.92 Å². The summed E-state index contributed by atoms with van der Waals surface area (Å²) in [7, 11) is -2.30. The molecule has 1 rings (SSSR count). The second kappa shape index (κ2) is 6.44. The lowest BCUT2D eigenvalue weighted by molar-refractivity contribution is -0.128. The lowest BCUT2D eigenvalue weighted by Crippen LogP contribution is -2.43. The molecule has 8 nitrogen and oxygen atoms in total. The normalized spacial score (nSPS) is 12.4. The predicted molar refractivity (Wildman–Crippen MR) is 80.0 cm³/mol. The maximum atomic E-state index is 12.3. The van der Waals surface area contributed by atoms with Crippen LogP contribution in [0.1, 0.15) is 27.2 Å². The van der Waals surface area contributed by atoms with E-state index in [0.717, 1.165) is 6.42 Å². The number of nitrogens with two attached hydrogens (primary N) is 1. The average molecular weight is 317 g/mol. The molecule has 1 heterocycles. The van der Waals surface area contributed by atoms with Crippen LogP contribution in [-0.4, -0.2) is 37.7 Å². The molecule has 120 valence electrons. The van der Waals surface area contributed by atoms with E-state index in [0.29, 0.717) is 6.54 Å². The standard InChI is InChI=1S/C12H23N5O3S/c1-5-6-17-7-9(10(13)16-17)21(19,20)15-8-12(2,3)11(18)14-4/h7,15H,5-6,8H2,1-4H3,(H2,13,16)(H,14,18). The fourth-order valence-corrected chi connectivity index (χ4v) is 3.02. The van der Waals surface area contributed by atoms with Gasteiger partial charge < -0.3 is 11.1 Å². The van der Waals surface area contributed by atoms with Crippen molar-refractivity contribution < 1.29 is 13.2 Å². The van der Waals surface area contributed by atoms with E-state index in [9.17, 15) is 13.2 Å². The molecule has 0 aliphatic rings. The number of carbonyl (C=O) groups is 1. The van der Waals surface area contributed by atoms with Crippen LogP contribution in [0.15, 0.2) is 11.1 Å². The molecule has 9 heteroatoms. The van der Waals surface area contributed by atoms with Crippen LogP contribution in [0.4, 0.5) is 5.82 Å². The van der Waals surface area contributed by atoms with E-state index in [2.05, 4.69) is 15.1 Å². The van der Waals surface area contributed by atoms with Gasteiger partial charge in [0.05, 0.1) is 5.41 Å². The summed E-state index contributed by atoms with van der Waals surface area (Å²) in [5.41, 5.74) is 4.79. The number of aromatic nitrogens is 2. The van der Waals surface area contributed by atoms with E-state index in [4.69, 9.17) is 5.73 Å². The molecular formula is C12H23N5O3S. The SMILES string of the molecule is CCCn1cc(S(=O)(=O)NCC(C)(C)C(=O)NC)c(N)n1. The number of amides is 1. The van der Waals surface area contributed by atoms with E-state index in [1.54, 1.807) is 13.8 Å². The van der Waals surface area contributed by atoms with Gasteiger partial charge in [-0.05, 0) is 20.3 Å². The third-order valence-corrected chi connectivity index (χ3v) is 4.46. The highest BCUT2D eigenvalue weighted by atomic mass is 32.2. The molecular weight excluding hydrogens is 294 g/mol. The molecule has 0 saturated carbocycles. The first-order valence-corrected chi connectivity index (χ1v) is 8.17. The van der Waals surface area contributed by atoms with Crippen molar-refractivity contribution >= 4 is 21.7 Å². The Labute approximate surface area is 125 Å². The Balaban J connectivity index is 2.90. The molecule has 0 aliphatic heterocycles. The van der Waals surface area contributed by atoms with Gasteiger partial charge in [-0.3, -0.25) is 9.48 Å². The molecule has 0 radical (unpaired) electrons. The number of rotatable bonds is 7. The van der Waals surface area contributed by atoms with Crippen LogP contribution in [0.5, 0.6) is 0 Å². The third-order valence-electron chi connectivity index (χ3n) is 3.04. The molecule has 1 amide bonds. The summed E-state index contributed by atoms with van der Waals surface area (Å²) in [6.45, 7) is 5.81. The Morgan fingerprint density at radius 3 is 2.62 bits per heavy atom. The number of sulfonamides is 1. The summed E-state index contributed by atoms with van der Waals surface area (Å²) in [4.78, 5) is 11.6. The highest BCUT2D eigenvalue weighted by molar-refractivity contribution is 7.89. The maximum Gasteiger partial charge on any atom is 0.245 e. The summed E-state index contributed by atoms with van der Waals surface area (Å²) >= 11 is 0. The first-order chi connectivity index (χ1) is 9.64. The van der Waals surface area contributed by atoms with Crippen LogP contribution in [0.3, 0.4) is 0 Å². The van der Waals surface area contributed by atoms with Gasteiger partial charge in [0.2, 0.25) is 15.9 Å². The monoisotopic (exact) mass is 317 g/mol. The van der Waals surface area contributed by atoms with Crippen molar-refractivity contribution in [3.63, 3.8) is 0 Å². The van der Waals surface area contributed by atoms with Gasteiger partial charge in [-0.15, -0.1) is 0 Å². The first kappa shape index (κ1) is 17.4. The van der Waals surface area contributed by atoms with Gasteiger partial charge in [-0.2, -0.15) is 5.10 Å². The number of aryl methyl sites for hydroxylation is 1. The summed E-state index contributed by atoms with van der Waals surface area (Å²) < 4.78 is 28.4. The van der Waals surface area contributed by atoms with Gasteiger partial charge in [-0.1, -0.05) is 6.92 Å². The molecule has 0 unspecified atom stereocenters. The zero-order valence-corrected chi connectivity index (χ0v) is 13.6. The molecule has 0 bridgehead atoms. The van der Waals surface area contributed by atoms with Gasteiger partial charge in [0.25, 0.3) is 0 Å². The molecule has 0 spiro atoms. The van der Waals surface area contributed by atoms with Crippen LogP contribution >= 0.6 is 0 Å². The van der Waals surface area contributed by atoms with Gasteiger partial charge >= 0.3 is 0 Å². The van der Waals surface area contributed by atoms with Gasteiger partial charge in [0.15, 0.2) is 5.82 Å². The summed E-state index contributed by atoms with van der Waals surface area (Å²) in [5.74, 6) is -0.298. The Morgan fingerprint density at radius 2 is 2.10 bits per heavy atom. The number of nitrogens with one attached hydrogen (secondary N) is 2. The number of nitrogens with zero attached hydrogens (tertiary/aromatic N) is 2. The van der Waals surface area contributed by atoms with Crippen LogP contribution in [0.2, 0.25) is 0 Å². The highest BCUT2D eigenvalue weighted by Gasteiger charge is 2.30. The van der Waals surface area contributed by atoms with E-state index < -0.39 is 15.4 Å². The molecule has 4 N–H and O–H groups in total. The molecule has 0 aliphatic carbocycles. The minimum atomic E-state index is -3.80. The summed E-state index contributed by atoms with van der Waals surface area (Å²) in [6, 6.07) is 0. The van der Waals surface area contributed by atoms with E-state index >= 15 is 0 Å². The lowest BCUT2D eigenvalue weighted by Gasteiger charge is -2.22. The van der Waals surface area contributed by atoms with Crippen LogP contribution in [-0.2, 0) is 21.4 Å². The Hall–Kier alpha value is -1.61. The maximum absolute atomic E-state index is 12.3. The molecule has 0 atom stereocenters. The number of nitrogen functional groups attached to an aromatic ring is 1. The van der Waals surface area contributed by atoms with E-state index in [1.165, 1.54) is 17.9 Å². The molecule has 21 heavy (non-hydrogen) atoms. The van der Waals surface area contributed by atoms with Crippen molar-refractivity contribution in [1.29, 1.82) is 0 Å². The number of hydrogen-bond donors (Lipinski definition) is 3. The molecule has 0 aromatic carbocycles. The van der Waals surface area contributed by atoms with Gasteiger partial charge in [0, 0.05) is 26.3 Å². The zero-order valence-electron chi connectivity index (χ0n) is 12.8. The Bertz CT molecular complexity index is 606. The van der Waals surface area contributed by atoms with E-state index in [-0.39, 0.29) is 23.2 Å². The molecule has 0 fully saturated rings. The summed E-state index contributed by atoms with van der Waals surface area (Å²) in [6.07, 6.45) is 2.21. The van der Waals surface area contributed by atoms with Crippen molar-refractivity contribution in [2.75, 3.05) is 19.3 Å². The topological polar surface area (TPSA) is 119 Å². The van der Waals surface area contributed by atoms with Crippen LogP contribution in [0.25, 0.3) is 0 Å². The van der Waals surface area contributed by atoms with Crippen molar-refractivity contribution in [2.24, 2.45) is 5.41 Å². The number of hydrogen-bond acceptors (Lipinski definition) is 5. The average Bonchev–Trinajstić information content (AvgIpc) is 2.78. The largest absolute Gasteiger partial charge is 0.381 e. The van der Waals surface area contributed by atoms with Crippen LogP contribution in [0, 0.1) is 5.41 Å². The minimum Gasteiger partial charge on any atom is -0.381 e. The van der Waals surface area contributed by atoms with Crippen molar-refractivity contribution in [3.8, 4) is 0 Å².